The highest BCUT2D eigenvalue weighted by Gasteiger charge is 2.08. The van der Waals surface area contributed by atoms with Gasteiger partial charge in [0.05, 0.1) is 6.04 Å². The van der Waals surface area contributed by atoms with Crippen LogP contribution in [-0.4, -0.2) is 20.2 Å². The summed E-state index contributed by atoms with van der Waals surface area (Å²) in [7, 11) is 0. The second-order valence-electron chi connectivity index (χ2n) is 3.04. The fourth-order valence-electron chi connectivity index (χ4n) is 1.34. The molecule has 1 heterocycles. The second kappa shape index (κ2) is 3.71. The largest absolute Gasteiger partial charge is 0.238 e. The summed E-state index contributed by atoms with van der Waals surface area (Å²) in [5, 5.41) is 10.1. The molecule has 0 saturated carbocycles. The minimum atomic E-state index is 0.138. The monoisotopic (exact) mass is 206 g/mol. The normalized spacial score (nSPS) is 12.6. The van der Waals surface area contributed by atoms with Gasteiger partial charge in [0.1, 0.15) is 0 Å². The molecule has 2 aromatic rings. The van der Waals surface area contributed by atoms with Crippen LogP contribution in [-0.2, 0) is 0 Å². The van der Waals surface area contributed by atoms with Crippen molar-refractivity contribution in [2.24, 2.45) is 0 Å². The lowest BCUT2D eigenvalue weighted by molar-refractivity contribution is 0.537. The van der Waals surface area contributed by atoms with Crippen LogP contribution in [0.5, 0.6) is 0 Å². The summed E-state index contributed by atoms with van der Waals surface area (Å²) in [6.45, 7) is 2.05. The molecule has 1 N–H and O–H groups in total. The Morgan fingerprint density at radius 2 is 2.07 bits per heavy atom. The molecule has 72 valence electrons. The molecule has 0 unspecified atom stereocenters. The number of aromatic nitrogens is 4. The Balaban J connectivity index is 2.39. The maximum absolute atomic E-state index is 5.02. The zero-order valence-corrected chi connectivity index (χ0v) is 8.53. The first kappa shape index (κ1) is 9.08. The molecule has 0 aliphatic rings. The zero-order chi connectivity index (χ0) is 9.97. The van der Waals surface area contributed by atoms with E-state index in [-0.39, 0.29) is 6.04 Å². The lowest BCUT2D eigenvalue weighted by Gasteiger charge is -2.11. The van der Waals surface area contributed by atoms with E-state index in [1.165, 1.54) is 5.56 Å². The third kappa shape index (κ3) is 1.58. The third-order valence-corrected chi connectivity index (χ3v) is 2.44. The number of tetrazole rings is 1. The molecule has 0 amide bonds. The van der Waals surface area contributed by atoms with Gasteiger partial charge in [0.15, 0.2) is 0 Å². The maximum atomic E-state index is 5.02. The topological polar surface area (TPSA) is 46.5 Å². The van der Waals surface area contributed by atoms with Crippen LogP contribution in [0, 0.1) is 4.77 Å². The van der Waals surface area contributed by atoms with E-state index in [9.17, 15) is 0 Å². The number of hydrogen-bond donors (Lipinski definition) is 1. The predicted octanol–water partition coefficient (Wildman–Crippen LogP) is 1.94. The molecule has 0 aliphatic carbocycles. The second-order valence-corrected chi connectivity index (χ2v) is 3.40. The molecule has 1 aromatic heterocycles. The lowest BCUT2D eigenvalue weighted by Crippen LogP contribution is -2.08. The van der Waals surface area contributed by atoms with Crippen molar-refractivity contribution in [3.8, 4) is 0 Å². The number of nitrogens with one attached hydrogen (secondary N) is 1. The summed E-state index contributed by atoms with van der Waals surface area (Å²) >= 11 is 5.02. The van der Waals surface area contributed by atoms with Crippen LogP contribution in [0.3, 0.4) is 0 Å². The van der Waals surface area contributed by atoms with Gasteiger partial charge in [0.25, 0.3) is 0 Å². The number of hydrogen-bond acceptors (Lipinski definition) is 3. The number of benzene rings is 1. The average Bonchev–Trinajstić information content (AvgIpc) is 2.65. The van der Waals surface area contributed by atoms with E-state index in [0.717, 1.165) is 0 Å². The molecular weight excluding hydrogens is 196 g/mol. The average molecular weight is 206 g/mol. The van der Waals surface area contributed by atoms with E-state index < -0.39 is 0 Å². The first-order valence-electron chi connectivity index (χ1n) is 4.33. The summed E-state index contributed by atoms with van der Waals surface area (Å²) in [5.41, 5.74) is 1.18. The first-order chi connectivity index (χ1) is 6.79. The molecule has 0 fully saturated rings. The molecule has 14 heavy (non-hydrogen) atoms. The van der Waals surface area contributed by atoms with Crippen molar-refractivity contribution >= 4 is 12.2 Å². The van der Waals surface area contributed by atoms with Gasteiger partial charge in [-0.2, -0.15) is 5.21 Å². The van der Waals surface area contributed by atoms with Crippen molar-refractivity contribution < 1.29 is 0 Å². The molecule has 0 bridgehead atoms. The minimum Gasteiger partial charge on any atom is -0.235 e. The van der Waals surface area contributed by atoms with E-state index in [4.69, 9.17) is 12.2 Å². The van der Waals surface area contributed by atoms with E-state index in [0.29, 0.717) is 4.77 Å². The Morgan fingerprint density at radius 3 is 2.64 bits per heavy atom. The molecule has 1 aromatic carbocycles. The SMILES string of the molecule is C[C@@H](c1ccccc1)n1[nH]nnc1=S. The summed E-state index contributed by atoms with van der Waals surface area (Å²) in [6, 6.07) is 10.2. The molecule has 0 radical (unpaired) electrons. The van der Waals surface area contributed by atoms with Crippen LogP contribution < -0.4 is 0 Å². The first-order valence-corrected chi connectivity index (χ1v) is 4.74. The van der Waals surface area contributed by atoms with Crippen molar-refractivity contribution in [1.29, 1.82) is 0 Å². The van der Waals surface area contributed by atoms with Gasteiger partial charge in [-0.15, -0.1) is 0 Å². The molecule has 0 aliphatic heterocycles. The molecule has 5 heteroatoms. The summed E-state index contributed by atoms with van der Waals surface area (Å²) in [5.74, 6) is 0. The van der Waals surface area contributed by atoms with Gasteiger partial charge in [-0.3, -0.25) is 0 Å². The minimum absolute atomic E-state index is 0.138. The van der Waals surface area contributed by atoms with Gasteiger partial charge in [-0.05, 0) is 24.7 Å². The molecule has 4 nitrogen and oxygen atoms in total. The maximum Gasteiger partial charge on any atom is 0.238 e. The molecular formula is C9H10N4S. The van der Waals surface area contributed by atoms with Gasteiger partial charge >= 0.3 is 0 Å². The van der Waals surface area contributed by atoms with E-state index in [1.807, 2.05) is 37.3 Å². The van der Waals surface area contributed by atoms with E-state index in [2.05, 4.69) is 15.5 Å². The van der Waals surface area contributed by atoms with E-state index in [1.54, 1.807) is 4.68 Å². The quantitative estimate of drug-likeness (QED) is 0.764. The summed E-state index contributed by atoms with van der Waals surface area (Å²) in [6.07, 6.45) is 0. The fraction of sp³-hybridized carbons (Fsp3) is 0.222. The summed E-state index contributed by atoms with van der Waals surface area (Å²) in [4.78, 5) is 0. The molecule has 2 rings (SSSR count). The Labute approximate surface area is 86.6 Å². The van der Waals surface area contributed by atoms with Gasteiger partial charge in [0.2, 0.25) is 4.77 Å². The predicted molar refractivity (Wildman–Crippen MR) is 55.5 cm³/mol. The van der Waals surface area contributed by atoms with Crippen LogP contribution >= 0.6 is 12.2 Å². The smallest absolute Gasteiger partial charge is 0.235 e. The van der Waals surface area contributed by atoms with Crippen LogP contribution in [0.15, 0.2) is 30.3 Å². The number of nitrogens with zero attached hydrogens (tertiary/aromatic N) is 3. The van der Waals surface area contributed by atoms with Gasteiger partial charge in [-0.25, -0.2) is 4.68 Å². The molecule has 0 saturated heterocycles. The van der Waals surface area contributed by atoms with Crippen molar-refractivity contribution in [2.75, 3.05) is 0 Å². The number of aromatic amines is 1. The number of rotatable bonds is 2. The van der Waals surface area contributed by atoms with Gasteiger partial charge < -0.3 is 0 Å². The Bertz CT molecular complexity index is 459. The van der Waals surface area contributed by atoms with Crippen molar-refractivity contribution in [3.05, 3.63) is 40.7 Å². The molecule has 1 atom stereocenters. The summed E-state index contributed by atoms with van der Waals surface area (Å²) < 4.78 is 2.23. The van der Waals surface area contributed by atoms with Gasteiger partial charge in [-0.1, -0.05) is 40.6 Å². The van der Waals surface area contributed by atoms with Gasteiger partial charge in [0, 0.05) is 0 Å². The Hall–Kier alpha value is -1.49. The van der Waals surface area contributed by atoms with Crippen molar-refractivity contribution in [3.63, 3.8) is 0 Å². The van der Waals surface area contributed by atoms with Crippen LogP contribution in [0.1, 0.15) is 18.5 Å². The Morgan fingerprint density at radius 1 is 1.36 bits per heavy atom. The van der Waals surface area contributed by atoms with Crippen LogP contribution in [0.4, 0.5) is 0 Å². The highest BCUT2D eigenvalue weighted by atomic mass is 32.1. The zero-order valence-electron chi connectivity index (χ0n) is 7.71. The fourth-order valence-corrected chi connectivity index (χ4v) is 1.58. The third-order valence-electron chi connectivity index (χ3n) is 2.16. The van der Waals surface area contributed by atoms with E-state index >= 15 is 0 Å². The van der Waals surface area contributed by atoms with Crippen LogP contribution in [0.2, 0.25) is 0 Å². The highest BCUT2D eigenvalue weighted by Crippen LogP contribution is 2.15. The van der Waals surface area contributed by atoms with Crippen LogP contribution in [0.25, 0.3) is 0 Å². The number of H-pyrrole nitrogens is 1. The highest BCUT2D eigenvalue weighted by molar-refractivity contribution is 7.71. The molecule has 0 spiro atoms. The lowest BCUT2D eigenvalue weighted by atomic mass is 10.1. The Kier molecular flexibility index (Phi) is 2.41. The van der Waals surface area contributed by atoms with Crippen molar-refractivity contribution in [1.82, 2.24) is 20.2 Å². The standard InChI is InChI=1S/C9H10N4S/c1-7(8-5-3-2-4-6-8)13-9(14)10-11-12-13/h2-7H,1H3,(H,10,12,14)/t7-/m0/s1. The van der Waals surface area contributed by atoms with Crippen molar-refractivity contribution in [2.45, 2.75) is 13.0 Å².